The number of aromatic nitrogens is 2. The van der Waals surface area contributed by atoms with Gasteiger partial charge >= 0.3 is 0 Å². The van der Waals surface area contributed by atoms with Crippen molar-refractivity contribution >= 4 is 44.0 Å². The number of nitrogens with zero attached hydrogens (tertiary/aromatic N) is 4. The third kappa shape index (κ3) is 9.17. The predicted octanol–water partition coefficient (Wildman–Crippen LogP) is 11.0. The highest BCUT2D eigenvalue weighted by atomic mass is 32.2. The fraction of sp³-hybridized carbons (Fsp3) is 0.519. The number of carbonyl (C=O) groups excluding carboxylic acids is 1. The summed E-state index contributed by atoms with van der Waals surface area (Å²) in [6, 6.07) is 21.0. The number of anilines is 2. The molecule has 0 unspecified atom stereocenters. The molecule has 2 saturated heterocycles. The lowest BCUT2D eigenvalue weighted by Crippen LogP contribution is -2.54. The number of piperidine rings is 1. The van der Waals surface area contributed by atoms with Crippen LogP contribution in [0.4, 0.5) is 17.1 Å². The largest absolute Gasteiger partial charge is 0.489 e. The van der Waals surface area contributed by atoms with Crippen LogP contribution in [0.2, 0.25) is 0 Å². The van der Waals surface area contributed by atoms with E-state index in [1.165, 1.54) is 42.9 Å². The van der Waals surface area contributed by atoms with E-state index in [4.69, 9.17) is 19.2 Å². The zero-order valence-electron chi connectivity index (χ0n) is 40.7. The maximum absolute atomic E-state index is 14.4. The number of sulfonamides is 1. The van der Waals surface area contributed by atoms with Gasteiger partial charge in [0.15, 0.2) is 17.2 Å². The first-order chi connectivity index (χ1) is 33.6. The van der Waals surface area contributed by atoms with Crippen LogP contribution in [0, 0.1) is 26.9 Å². The first-order valence-corrected chi connectivity index (χ1v) is 26.9. The maximum Gasteiger partial charge on any atom is 0.297 e. The number of nitro groups is 1. The van der Waals surface area contributed by atoms with E-state index in [1.807, 2.05) is 12.1 Å². The van der Waals surface area contributed by atoms with Crippen molar-refractivity contribution in [3.05, 3.63) is 99.7 Å². The quantitative estimate of drug-likeness (QED) is 0.0751. The number of fused-ring (bicyclic) bond motifs is 2. The van der Waals surface area contributed by atoms with Crippen LogP contribution >= 0.6 is 0 Å². The van der Waals surface area contributed by atoms with Gasteiger partial charge in [-0.3, -0.25) is 19.8 Å². The molecular weight excluding hydrogens is 907 g/mol. The van der Waals surface area contributed by atoms with Gasteiger partial charge in [0.1, 0.15) is 24.1 Å². The van der Waals surface area contributed by atoms with E-state index in [0.717, 1.165) is 88.1 Å². The first-order valence-electron chi connectivity index (χ1n) is 25.5. The van der Waals surface area contributed by atoms with Gasteiger partial charge in [0, 0.05) is 60.6 Å². The van der Waals surface area contributed by atoms with Crippen molar-refractivity contribution in [3.63, 3.8) is 0 Å². The Morgan fingerprint density at radius 1 is 0.943 bits per heavy atom. The van der Waals surface area contributed by atoms with Crippen molar-refractivity contribution in [3.8, 4) is 23.1 Å². The summed E-state index contributed by atoms with van der Waals surface area (Å²) in [7, 11) is -4.67. The molecule has 0 radical (unpaired) electrons. The summed E-state index contributed by atoms with van der Waals surface area (Å²) in [6.07, 6.45) is 14.4. The number of nitrogens with one attached hydrogen (secondary N) is 3. The van der Waals surface area contributed by atoms with Gasteiger partial charge in [-0.05, 0) is 142 Å². The molecule has 0 bridgehead atoms. The van der Waals surface area contributed by atoms with Crippen LogP contribution in [0.15, 0.2) is 77.8 Å². The van der Waals surface area contributed by atoms with Gasteiger partial charge in [0.2, 0.25) is 0 Å². The monoisotopic (exact) mass is 971 g/mol. The summed E-state index contributed by atoms with van der Waals surface area (Å²) in [6.45, 7) is 12.1. The second-order valence-electron chi connectivity index (χ2n) is 22.1. The summed E-state index contributed by atoms with van der Waals surface area (Å²) in [5.41, 5.74) is 4.61. The number of pyridine rings is 1. The molecule has 15 nitrogen and oxygen atoms in total. The van der Waals surface area contributed by atoms with E-state index in [-0.39, 0.29) is 69.9 Å². The number of ether oxygens (including phenoxy) is 3. The number of nitro benzene ring substituents is 1. The number of hydrogen-bond donors (Lipinski definition) is 3. The maximum atomic E-state index is 14.4. The van der Waals surface area contributed by atoms with Gasteiger partial charge in [-0.15, -0.1) is 0 Å². The minimum atomic E-state index is -4.67. The molecule has 3 saturated carbocycles. The SMILES string of the molecule is CC(C)c1ccccc1[C@@H]1CCCN1C1CC2(CCN(c3ccc(C(=O)NS(=O)(=O)c4cc5c(c([N+](=O)[O-])c4)N[C@@H](C4CCC(C)(C)CC4)CO5)c(Oc4cc5cc[nH]c5nc4OC4CC4)c3)CC2)C1. The molecule has 3 aromatic carbocycles. The average molecular weight is 972 g/mol. The van der Waals surface area contributed by atoms with Crippen molar-refractivity contribution in [2.45, 2.75) is 140 Å². The second-order valence-corrected chi connectivity index (χ2v) is 23.8. The number of benzene rings is 3. The Labute approximate surface area is 410 Å². The molecular formula is C54H65N7O8S. The zero-order valence-corrected chi connectivity index (χ0v) is 41.5. The molecule has 11 rings (SSSR count). The minimum Gasteiger partial charge on any atom is -0.489 e. The van der Waals surface area contributed by atoms with Gasteiger partial charge in [-0.1, -0.05) is 52.0 Å². The number of hydrogen-bond acceptors (Lipinski definition) is 12. The first kappa shape index (κ1) is 46.5. The Morgan fingerprint density at radius 2 is 1.71 bits per heavy atom. The van der Waals surface area contributed by atoms with E-state index in [2.05, 4.69) is 76.8 Å². The van der Waals surface area contributed by atoms with Crippen LogP contribution in [-0.4, -0.2) is 78.5 Å². The standard InChI is InChI=1S/C54H65N7O8S/c1-33(2)40-8-5-6-9-41(40)44-10-7-23-60(44)37-30-54(31-37)20-24-59(25-21-54)36-11-14-42(46(27-36)69-48-26-35-17-22-55-50(35)57-52(48)68-38-12-13-38)51(62)58-70(65,66)39-28-45(61(63)64)49-47(29-39)67-32-43(56-49)34-15-18-53(3,4)19-16-34/h5-6,8-9,11,14,17,22,26-29,33-34,37-38,43-44,56H,7,10,12-13,15-16,18-21,23-25,30-32H2,1-4H3,(H,55,57)(H,58,62)/t43-,44+/m1/s1. The smallest absolute Gasteiger partial charge is 0.297 e. The predicted molar refractivity (Wildman–Crippen MR) is 269 cm³/mol. The summed E-state index contributed by atoms with van der Waals surface area (Å²) in [5.74, 6) is 0.503. The molecule has 5 fully saturated rings. The number of amides is 1. The van der Waals surface area contributed by atoms with E-state index in [0.29, 0.717) is 23.6 Å². The van der Waals surface area contributed by atoms with Crippen LogP contribution < -0.4 is 29.1 Å². The molecule has 370 valence electrons. The van der Waals surface area contributed by atoms with Gasteiger partial charge in [0.05, 0.1) is 21.4 Å². The third-order valence-electron chi connectivity index (χ3n) is 16.5. The van der Waals surface area contributed by atoms with Crippen LogP contribution in [0.25, 0.3) is 11.0 Å². The summed E-state index contributed by atoms with van der Waals surface area (Å²) >= 11 is 0. The van der Waals surface area contributed by atoms with Crippen LogP contribution in [-0.2, 0) is 10.0 Å². The molecule has 3 aliphatic carbocycles. The lowest BCUT2D eigenvalue weighted by Gasteiger charge is -2.56. The molecule has 2 aromatic heterocycles. The summed E-state index contributed by atoms with van der Waals surface area (Å²) < 4.78 is 49.4. The Bertz CT molecular complexity index is 2920. The van der Waals surface area contributed by atoms with Gasteiger partial charge in [-0.25, -0.2) is 13.1 Å². The number of likely N-dealkylation sites (tertiary alicyclic amines) is 1. The molecule has 3 aliphatic heterocycles. The number of aromatic amines is 1. The van der Waals surface area contributed by atoms with E-state index < -0.39 is 31.4 Å². The normalized spacial score (nSPS) is 22.6. The fourth-order valence-electron chi connectivity index (χ4n) is 12.1. The van der Waals surface area contributed by atoms with Gasteiger partial charge in [0.25, 0.3) is 27.5 Å². The van der Waals surface area contributed by atoms with Crippen molar-refractivity contribution in [2.75, 3.05) is 36.5 Å². The Morgan fingerprint density at radius 3 is 2.46 bits per heavy atom. The van der Waals surface area contributed by atoms with Crippen LogP contribution in [0.3, 0.4) is 0 Å². The summed E-state index contributed by atoms with van der Waals surface area (Å²) in [4.78, 5) is 38.7. The van der Waals surface area contributed by atoms with Gasteiger partial charge < -0.3 is 29.4 Å². The van der Waals surface area contributed by atoms with Crippen molar-refractivity contribution in [1.82, 2.24) is 19.6 Å². The summed E-state index contributed by atoms with van der Waals surface area (Å²) in [5, 5.41) is 16.6. The van der Waals surface area contributed by atoms with Crippen molar-refractivity contribution in [2.24, 2.45) is 16.7 Å². The van der Waals surface area contributed by atoms with E-state index in [9.17, 15) is 23.3 Å². The number of H-pyrrole nitrogens is 1. The van der Waals surface area contributed by atoms with Crippen LogP contribution in [0.1, 0.15) is 138 Å². The minimum absolute atomic E-state index is 0.00843. The molecule has 70 heavy (non-hydrogen) atoms. The molecule has 3 N–H and O–H groups in total. The van der Waals surface area contributed by atoms with E-state index >= 15 is 0 Å². The zero-order chi connectivity index (χ0) is 48.5. The van der Waals surface area contributed by atoms with Crippen molar-refractivity contribution in [1.29, 1.82) is 0 Å². The van der Waals surface area contributed by atoms with Crippen LogP contribution in [0.5, 0.6) is 23.1 Å². The molecule has 6 aliphatic rings. The Kier molecular flexibility index (Phi) is 12.0. The highest BCUT2D eigenvalue weighted by Crippen LogP contribution is 2.55. The molecule has 1 amide bonds. The number of carbonyl (C=O) groups is 1. The fourth-order valence-corrected chi connectivity index (χ4v) is 13.1. The average Bonchev–Trinajstić information content (AvgIpc) is 3.81. The molecule has 5 aromatic rings. The van der Waals surface area contributed by atoms with E-state index in [1.54, 1.807) is 24.4 Å². The van der Waals surface area contributed by atoms with Gasteiger partial charge in [-0.2, -0.15) is 4.98 Å². The second kappa shape index (κ2) is 18.1. The lowest BCUT2D eigenvalue weighted by molar-refractivity contribution is -0.384. The molecule has 1 spiro atoms. The topological polar surface area (TPSA) is 181 Å². The highest BCUT2D eigenvalue weighted by Gasteiger charge is 2.50. The number of rotatable bonds is 13. The Balaban J connectivity index is 0.833. The lowest BCUT2D eigenvalue weighted by atomic mass is 9.59. The van der Waals surface area contributed by atoms with Crippen molar-refractivity contribution < 1.29 is 32.3 Å². The molecule has 2 atom stereocenters. The highest BCUT2D eigenvalue weighted by molar-refractivity contribution is 7.90. The third-order valence-corrected chi connectivity index (χ3v) is 17.8. The Hall–Kier alpha value is -5.87. The molecule has 16 heteroatoms. The molecule has 5 heterocycles.